The molecule has 0 amide bonds. The average Bonchev–Trinajstić information content (AvgIpc) is 3.31. The first-order valence-electron chi connectivity index (χ1n) is 10.4. The molecule has 3 heterocycles. The molecular weight excluding hydrogens is 460 g/mol. The molecule has 3 aromatic heterocycles. The Morgan fingerprint density at radius 2 is 1.91 bits per heavy atom. The predicted molar refractivity (Wildman–Crippen MR) is 130 cm³/mol. The van der Waals surface area contributed by atoms with Crippen molar-refractivity contribution in [3.8, 4) is 16.3 Å². The van der Waals surface area contributed by atoms with E-state index in [4.69, 9.17) is 16.3 Å². The first-order valence-corrected chi connectivity index (χ1v) is 11.6. The number of halogens is 1. The lowest BCUT2D eigenvalue weighted by molar-refractivity contribution is 0.0695. The largest absolute Gasteiger partial charge is 0.484 e. The third kappa shape index (κ3) is 4.14. The van der Waals surface area contributed by atoms with Crippen LogP contribution >= 0.6 is 22.9 Å². The number of carboxylic acids is 1. The quantitative estimate of drug-likeness (QED) is 0.310. The van der Waals surface area contributed by atoms with Crippen molar-refractivity contribution in [2.45, 2.75) is 39.2 Å². The lowest BCUT2D eigenvalue weighted by Crippen LogP contribution is -2.16. The maximum absolute atomic E-state index is 12.3. The number of ether oxygens (including phenoxy) is 1. The second-order valence-electron chi connectivity index (χ2n) is 8.69. The summed E-state index contributed by atoms with van der Waals surface area (Å²) in [5, 5.41) is 10.6. The fourth-order valence-electron chi connectivity index (χ4n) is 3.88. The van der Waals surface area contributed by atoms with Gasteiger partial charge in [0.1, 0.15) is 23.2 Å². The van der Waals surface area contributed by atoms with Gasteiger partial charge in [-0.15, -0.1) is 11.3 Å². The molecule has 1 atom stereocenters. The van der Waals surface area contributed by atoms with Gasteiger partial charge in [-0.3, -0.25) is 9.20 Å². The molecule has 0 saturated heterocycles. The SMILES string of the molecule is CC(Oc1c(C(=O)O)sc(-c2c(C=O)nc3ccccn23)c1C(C)(C)C)c1ccccc1Cl. The molecule has 1 N–H and O–H groups in total. The Kier molecular flexibility index (Phi) is 6.03. The Bertz CT molecular complexity index is 1370. The molecule has 170 valence electrons. The number of fused-ring (bicyclic) bond motifs is 1. The van der Waals surface area contributed by atoms with Crippen molar-refractivity contribution < 1.29 is 19.4 Å². The second kappa shape index (κ2) is 8.65. The van der Waals surface area contributed by atoms with Gasteiger partial charge in [-0.1, -0.05) is 56.6 Å². The Hall–Kier alpha value is -3.16. The van der Waals surface area contributed by atoms with Gasteiger partial charge in [0.05, 0.1) is 10.6 Å². The number of benzene rings is 1. The number of hydrogen-bond acceptors (Lipinski definition) is 5. The first kappa shape index (κ1) is 23.0. The molecule has 0 saturated carbocycles. The van der Waals surface area contributed by atoms with E-state index >= 15 is 0 Å². The number of imidazole rings is 1. The minimum Gasteiger partial charge on any atom is -0.484 e. The van der Waals surface area contributed by atoms with Crippen molar-refractivity contribution in [3.63, 3.8) is 0 Å². The first-order chi connectivity index (χ1) is 15.6. The minimum absolute atomic E-state index is 0.0663. The Labute approximate surface area is 200 Å². The Balaban J connectivity index is 1.99. The number of carboxylic acid groups (broad SMARTS) is 1. The van der Waals surface area contributed by atoms with Crippen LogP contribution < -0.4 is 4.74 Å². The molecule has 0 aliphatic heterocycles. The molecule has 33 heavy (non-hydrogen) atoms. The number of hydrogen-bond donors (Lipinski definition) is 1. The van der Waals surface area contributed by atoms with Crippen LogP contribution in [0.15, 0.2) is 48.7 Å². The predicted octanol–water partition coefficient (Wildman–Crippen LogP) is 6.66. The third-order valence-corrected chi connectivity index (χ3v) is 6.84. The van der Waals surface area contributed by atoms with Gasteiger partial charge in [-0.05, 0) is 30.5 Å². The number of nitrogens with zero attached hydrogens (tertiary/aromatic N) is 2. The number of aromatic carboxylic acids is 1. The topological polar surface area (TPSA) is 80.9 Å². The maximum atomic E-state index is 12.3. The Morgan fingerprint density at radius 1 is 1.21 bits per heavy atom. The molecule has 0 bridgehead atoms. The van der Waals surface area contributed by atoms with Crippen LogP contribution in [0.25, 0.3) is 16.2 Å². The molecule has 6 nitrogen and oxygen atoms in total. The number of carbonyl (C=O) groups is 2. The van der Waals surface area contributed by atoms with Gasteiger partial charge >= 0.3 is 5.97 Å². The van der Waals surface area contributed by atoms with Crippen LogP contribution in [-0.2, 0) is 5.41 Å². The van der Waals surface area contributed by atoms with Crippen LogP contribution in [0.4, 0.5) is 0 Å². The normalized spacial score (nSPS) is 12.6. The fourth-order valence-corrected chi connectivity index (χ4v) is 5.51. The molecule has 0 aliphatic rings. The fraction of sp³-hybridized carbons (Fsp3) is 0.240. The maximum Gasteiger partial charge on any atom is 0.349 e. The molecule has 0 spiro atoms. The number of aldehydes is 1. The number of aromatic nitrogens is 2. The number of thiophene rings is 1. The molecule has 8 heteroatoms. The molecule has 4 rings (SSSR count). The van der Waals surface area contributed by atoms with Crippen molar-refractivity contribution in [1.29, 1.82) is 0 Å². The highest BCUT2D eigenvalue weighted by molar-refractivity contribution is 7.18. The molecule has 0 fully saturated rings. The smallest absolute Gasteiger partial charge is 0.349 e. The van der Waals surface area contributed by atoms with Gasteiger partial charge in [0.25, 0.3) is 0 Å². The molecular formula is C25H23ClN2O4S. The van der Waals surface area contributed by atoms with Crippen LogP contribution in [0.3, 0.4) is 0 Å². The molecule has 0 radical (unpaired) electrons. The van der Waals surface area contributed by atoms with Crippen LogP contribution in [0.5, 0.6) is 5.75 Å². The molecule has 4 aromatic rings. The third-order valence-electron chi connectivity index (χ3n) is 5.33. The average molecular weight is 483 g/mol. The zero-order valence-electron chi connectivity index (χ0n) is 18.6. The number of rotatable bonds is 6. The van der Waals surface area contributed by atoms with Crippen LogP contribution in [0.1, 0.15) is 65.1 Å². The summed E-state index contributed by atoms with van der Waals surface area (Å²) in [5.74, 6) is -0.815. The molecule has 1 unspecified atom stereocenters. The van der Waals surface area contributed by atoms with Gasteiger partial charge in [-0.25, -0.2) is 9.78 Å². The summed E-state index contributed by atoms with van der Waals surface area (Å²) >= 11 is 7.45. The van der Waals surface area contributed by atoms with Gasteiger partial charge in [-0.2, -0.15) is 0 Å². The van der Waals surface area contributed by atoms with Gasteiger partial charge in [0, 0.05) is 22.3 Å². The summed E-state index contributed by atoms with van der Waals surface area (Å²) in [6.07, 6.45) is 2.01. The summed E-state index contributed by atoms with van der Waals surface area (Å²) in [7, 11) is 0. The monoisotopic (exact) mass is 482 g/mol. The van der Waals surface area contributed by atoms with E-state index in [2.05, 4.69) is 4.98 Å². The van der Waals surface area contributed by atoms with Crippen molar-refractivity contribution in [3.05, 3.63) is 75.4 Å². The van der Waals surface area contributed by atoms with Crippen molar-refractivity contribution >= 4 is 40.8 Å². The highest BCUT2D eigenvalue weighted by atomic mass is 35.5. The lowest BCUT2D eigenvalue weighted by Gasteiger charge is -2.24. The van der Waals surface area contributed by atoms with Crippen LogP contribution in [0, 0.1) is 0 Å². The van der Waals surface area contributed by atoms with Crippen LogP contribution in [0.2, 0.25) is 5.02 Å². The molecule has 0 aliphatic carbocycles. The van der Waals surface area contributed by atoms with E-state index < -0.39 is 17.5 Å². The number of pyridine rings is 1. The second-order valence-corrected chi connectivity index (χ2v) is 10.1. The van der Waals surface area contributed by atoms with E-state index in [1.807, 2.05) is 64.2 Å². The van der Waals surface area contributed by atoms with E-state index in [0.29, 0.717) is 33.1 Å². The minimum atomic E-state index is -1.10. The Morgan fingerprint density at radius 3 is 2.55 bits per heavy atom. The van der Waals surface area contributed by atoms with Crippen molar-refractivity contribution in [2.75, 3.05) is 0 Å². The van der Waals surface area contributed by atoms with Crippen molar-refractivity contribution in [2.24, 2.45) is 0 Å². The lowest BCUT2D eigenvalue weighted by atomic mass is 9.85. The van der Waals surface area contributed by atoms with Gasteiger partial charge < -0.3 is 9.84 Å². The zero-order valence-corrected chi connectivity index (χ0v) is 20.2. The summed E-state index contributed by atoms with van der Waals surface area (Å²) < 4.78 is 8.13. The van der Waals surface area contributed by atoms with E-state index in [0.717, 1.165) is 16.9 Å². The zero-order chi connectivity index (χ0) is 23.9. The summed E-state index contributed by atoms with van der Waals surface area (Å²) in [6, 6.07) is 12.8. The highest BCUT2D eigenvalue weighted by Gasteiger charge is 2.35. The summed E-state index contributed by atoms with van der Waals surface area (Å²) in [6.45, 7) is 7.80. The van der Waals surface area contributed by atoms with Gasteiger partial charge in [0.2, 0.25) is 0 Å². The van der Waals surface area contributed by atoms with Crippen molar-refractivity contribution in [1.82, 2.24) is 9.38 Å². The summed E-state index contributed by atoms with van der Waals surface area (Å²) in [4.78, 5) is 29.4. The number of carbonyl (C=O) groups excluding carboxylic acids is 1. The standard InChI is InChI=1S/C25H23ClN2O4S/c1-14(15-9-5-6-10-16(15)26)32-21-19(25(2,3)4)22(33-23(21)24(30)31)20-17(13-29)27-18-11-7-8-12-28(18)20/h5-14H,1-4H3,(H,30,31). The van der Waals surface area contributed by atoms with E-state index in [9.17, 15) is 14.7 Å². The molecule has 1 aromatic carbocycles. The van der Waals surface area contributed by atoms with E-state index in [-0.39, 0.29) is 16.3 Å². The van der Waals surface area contributed by atoms with E-state index in [1.54, 1.807) is 16.5 Å². The summed E-state index contributed by atoms with van der Waals surface area (Å²) in [5.41, 5.74) is 2.37. The highest BCUT2D eigenvalue weighted by Crippen LogP contribution is 2.49. The van der Waals surface area contributed by atoms with E-state index in [1.165, 1.54) is 0 Å². The van der Waals surface area contributed by atoms with Crippen LogP contribution in [-0.4, -0.2) is 26.7 Å². The van der Waals surface area contributed by atoms with Gasteiger partial charge in [0.15, 0.2) is 11.2 Å².